The van der Waals surface area contributed by atoms with Crippen molar-refractivity contribution in [2.24, 2.45) is 0 Å². The summed E-state index contributed by atoms with van der Waals surface area (Å²) in [5, 5.41) is 1.08. The van der Waals surface area contributed by atoms with E-state index in [1.807, 2.05) is 19.9 Å². The number of halogens is 1. The van der Waals surface area contributed by atoms with Crippen molar-refractivity contribution in [1.29, 1.82) is 0 Å². The van der Waals surface area contributed by atoms with Gasteiger partial charge in [0.1, 0.15) is 5.83 Å². The Morgan fingerprint density at radius 1 is 1.29 bits per heavy atom. The van der Waals surface area contributed by atoms with Gasteiger partial charge in [-0.3, -0.25) is 0 Å². The lowest BCUT2D eigenvalue weighted by Gasteiger charge is -2.08. The number of rotatable bonds is 1. The highest BCUT2D eigenvalue weighted by molar-refractivity contribution is 7.12. The second-order valence-electron chi connectivity index (χ2n) is 3.45. The van der Waals surface area contributed by atoms with Crippen molar-refractivity contribution in [3.05, 3.63) is 33.6 Å². The molecule has 0 saturated carbocycles. The van der Waals surface area contributed by atoms with E-state index in [1.165, 1.54) is 10.5 Å². The minimum atomic E-state index is -0.0207. The van der Waals surface area contributed by atoms with Crippen LogP contribution in [0.5, 0.6) is 0 Å². The van der Waals surface area contributed by atoms with E-state index in [9.17, 15) is 4.39 Å². The van der Waals surface area contributed by atoms with E-state index < -0.39 is 0 Å². The minimum absolute atomic E-state index is 0.0207. The quantitative estimate of drug-likeness (QED) is 0.685. The van der Waals surface area contributed by atoms with Gasteiger partial charge in [-0.25, -0.2) is 9.37 Å². The van der Waals surface area contributed by atoms with Gasteiger partial charge in [0.15, 0.2) is 0 Å². The van der Waals surface area contributed by atoms with Crippen molar-refractivity contribution in [1.82, 2.24) is 4.98 Å². The zero-order valence-corrected chi connectivity index (χ0v) is 9.12. The second kappa shape index (κ2) is 3.65. The van der Waals surface area contributed by atoms with Crippen LogP contribution >= 0.6 is 11.3 Å². The predicted octanol–water partition coefficient (Wildman–Crippen LogP) is 3.79. The summed E-state index contributed by atoms with van der Waals surface area (Å²) in [4.78, 5) is 5.58. The SMILES string of the molecule is Cc1nc(C)c(C2=CC=C(F)CC2)s1. The molecule has 0 saturated heterocycles. The number of nitrogens with zero attached hydrogens (tertiary/aromatic N) is 1. The maximum absolute atomic E-state index is 12.8. The van der Waals surface area contributed by atoms with Crippen molar-refractivity contribution in [2.45, 2.75) is 26.7 Å². The molecule has 0 unspecified atom stereocenters. The summed E-state index contributed by atoms with van der Waals surface area (Å²) < 4.78 is 12.8. The van der Waals surface area contributed by atoms with Gasteiger partial charge >= 0.3 is 0 Å². The van der Waals surface area contributed by atoms with E-state index in [0.717, 1.165) is 17.1 Å². The molecule has 0 fully saturated rings. The number of allylic oxidation sites excluding steroid dienone is 4. The number of hydrogen-bond donors (Lipinski definition) is 0. The zero-order chi connectivity index (χ0) is 10.1. The Morgan fingerprint density at radius 2 is 2.07 bits per heavy atom. The van der Waals surface area contributed by atoms with Crippen LogP contribution in [0, 0.1) is 13.8 Å². The van der Waals surface area contributed by atoms with Crippen molar-refractivity contribution >= 4 is 16.9 Å². The number of thiazole rings is 1. The third kappa shape index (κ3) is 1.77. The molecule has 0 radical (unpaired) electrons. The highest BCUT2D eigenvalue weighted by Gasteiger charge is 2.13. The molecule has 3 heteroatoms. The average Bonchev–Trinajstić information content (AvgIpc) is 2.47. The van der Waals surface area contributed by atoms with Gasteiger partial charge in [0.2, 0.25) is 0 Å². The van der Waals surface area contributed by atoms with Crippen LogP contribution in [-0.2, 0) is 0 Å². The summed E-state index contributed by atoms with van der Waals surface area (Å²) in [6.45, 7) is 4.01. The van der Waals surface area contributed by atoms with Gasteiger partial charge in [0.05, 0.1) is 15.6 Å². The molecule has 0 aliphatic heterocycles. The Balaban J connectivity index is 2.36. The highest BCUT2D eigenvalue weighted by Crippen LogP contribution is 2.32. The lowest BCUT2D eigenvalue weighted by atomic mass is 10.0. The van der Waals surface area contributed by atoms with E-state index in [0.29, 0.717) is 6.42 Å². The third-order valence-electron chi connectivity index (χ3n) is 2.29. The molecule has 1 aromatic heterocycles. The molecule has 2 rings (SSSR count). The summed E-state index contributed by atoms with van der Waals surface area (Å²) >= 11 is 1.69. The van der Waals surface area contributed by atoms with Gasteiger partial charge in [-0.2, -0.15) is 0 Å². The first kappa shape index (κ1) is 9.59. The van der Waals surface area contributed by atoms with Crippen LogP contribution in [0.15, 0.2) is 18.0 Å². The van der Waals surface area contributed by atoms with Gasteiger partial charge in [0.25, 0.3) is 0 Å². The lowest BCUT2D eigenvalue weighted by Crippen LogP contribution is -1.90. The molecule has 1 heterocycles. The van der Waals surface area contributed by atoms with E-state index in [1.54, 1.807) is 17.4 Å². The summed E-state index contributed by atoms with van der Waals surface area (Å²) in [6, 6.07) is 0. The van der Waals surface area contributed by atoms with Crippen molar-refractivity contribution in [3.63, 3.8) is 0 Å². The van der Waals surface area contributed by atoms with Crippen molar-refractivity contribution in [3.8, 4) is 0 Å². The number of hydrogen-bond acceptors (Lipinski definition) is 2. The average molecular weight is 209 g/mol. The van der Waals surface area contributed by atoms with E-state index in [-0.39, 0.29) is 5.83 Å². The largest absolute Gasteiger partial charge is 0.246 e. The summed E-state index contributed by atoms with van der Waals surface area (Å²) in [7, 11) is 0. The van der Waals surface area contributed by atoms with Gasteiger partial charge in [-0.1, -0.05) is 6.08 Å². The Bertz CT molecular complexity index is 415. The first-order chi connectivity index (χ1) is 6.66. The molecule has 0 spiro atoms. The summed E-state index contributed by atoms with van der Waals surface area (Å²) in [5.74, 6) is -0.0207. The molecule has 0 bridgehead atoms. The fourth-order valence-corrected chi connectivity index (χ4v) is 2.60. The third-order valence-corrected chi connectivity index (χ3v) is 3.44. The molecule has 0 aromatic carbocycles. The molecule has 74 valence electrons. The Morgan fingerprint density at radius 3 is 2.57 bits per heavy atom. The second-order valence-corrected chi connectivity index (χ2v) is 4.66. The molecule has 1 aromatic rings. The molecule has 1 aliphatic rings. The van der Waals surface area contributed by atoms with E-state index in [2.05, 4.69) is 4.98 Å². The van der Waals surface area contributed by atoms with Gasteiger partial charge in [0, 0.05) is 6.42 Å². The summed E-state index contributed by atoms with van der Waals surface area (Å²) in [5.41, 5.74) is 2.28. The Hall–Kier alpha value is -0.960. The summed E-state index contributed by atoms with van der Waals surface area (Å²) in [6.07, 6.45) is 4.76. The van der Waals surface area contributed by atoms with Crippen LogP contribution in [0.1, 0.15) is 28.4 Å². The predicted molar refractivity (Wildman–Crippen MR) is 58.0 cm³/mol. The lowest BCUT2D eigenvalue weighted by molar-refractivity contribution is 0.590. The van der Waals surface area contributed by atoms with E-state index in [4.69, 9.17) is 0 Å². The van der Waals surface area contributed by atoms with Crippen LogP contribution in [0.4, 0.5) is 4.39 Å². The minimum Gasteiger partial charge on any atom is -0.246 e. The van der Waals surface area contributed by atoms with Crippen LogP contribution in [0.3, 0.4) is 0 Å². The van der Waals surface area contributed by atoms with Crippen LogP contribution in [0.2, 0.25) is 0 Å². The van der Waals surface area contributed by atoms with Gasteiger partial charge < -0.3 is 0 Å². The van der Waals surface area contributed by atoms with Crippen LogP contribution in [0.25, 0.3) is 5.57 Å². The van der Waals surface area contributed by atoms with Crippen LogP contribution < -0.4 is 0 Å². The standard InChI is InChI=1S/C11H12FNS/c1-7-11(14-8(2)13-7)9-3-5-10(12)6-4-9/h3,5H,4,6H2,1-2H3. The smallest absolute Gasteiger partial charge is 0.100 e. The van der Waals surface area contributed by atoms with E-state index >= 15 is 0 Å². The van der Waals surface area contributed by atoms with Crippen molar-refractivity contribution < 1.29 is 4.39 Å². The monoisotopic (exact) mass is 209 g/mol. The topological polar surface area (TPSA) is 12.9 Å². The molecule has 1 aliphatic carbocycles. The molecule has 0 N–H and O–H groups in total. The number of aryl methyl sites for hydroxylation is 2. The molecule has 1 nitrogen and oxygen atoms in total. The van der Waals surface area contributed by atoms with Gasteiger partial charge in [-0.15, -0.1) is 11.3 Å². The first-order valence-corrected chi connectivity index (χ1v) is 5.48. The number of aromatic nitrogens is 1. The molecular formula is C11H12FNS. The van der Waals surface area contributed by atoms with Crippen LogP contribution in [-0.4, -0.2) is 4.98 Å². The normalized spacial score (nSPS) is 16.5. The zero-order valence-electron chi connectivity index (χ0n) is 8.30. The van der Waals surface area contributed by atoms with Crippen molar-refractivity contribution in [2.75, 3.05) is 0 Å². The first-order valence-electron chi connectivity index (χ1n) is 4.66. The van der Waals surface area contributed by atoms with Gasteiger partial charge in [-0.05, 0) is 31.9 Å². The fraction of sp³-hybridized carbons (Fsp3) is 0.364. The molecule has 14 heavy (non-hydrogen) atoms. The fourth-order valence-electron chi connectivity index (χ4n) is 1.63. The molecular weight excluding hydrogens is 197 g/mol. The maximum Gasteiger partial charge on any atom is 0.100 e. The maximum atomic E-state index is 12.8. The Labute approximate surface area is 87.0 Å². The Kier molecular flexibility index (Phi) is 2.50. The molecule has 0 amide bonds. The molecule has 0 atom stereocenters. The highest BCUT2D eigenvalue weighted by atomic mass is 32.1.